The highest BCUT2D eigenvalue weighted by Gasteiger charge is 1.84. The maximum Gasteiger partial charge on any atom is 0.394 e. The third-order valence-corrected chi connectivity index (χ3v) is 0.332. The van der Waals surface area contributed by atoms with Crippen LogP contribution in [0.4, 0.5) is 0 Å². The normalized spacial score (nSPS) is 8.91. The molecule has 5 nitrogen and oxygen atoms in total. The Bertz CT molecular complexity index is 177. The minimum Gasteiger partial charge on any atom is -0.498 e. The first kappa shape index (κ1) is 12.8. The monoisotopic (exact) mass is 182 g/mol. The highest BCUT2D eigenvalue weighted by atomic mass is 32.3. The summed E-state index contributed by atoms with van der Waals surface area (Å²) >= 11 is 0. The summed E-state index contributed by atoms with van der Waals surface area (Å²) in [5.41, 5.74) is 0. The zero-order valence-electron chi connectivity index (χ0n) is 5.80. The zero-order chi connectivity index (χ0) is 9.33. The lowest BCUT2D eigenvalue weighted by Gasteiger charge is -1.86. The summed E-state index contributed by atoms with van der Waals surface area (Å²) in [6, 6.07) is 0. The molecule has 6 heteroatoms. The van der Waals surface area contributed by atoms with Crippen LogP contribution in [0.15, 0.2) is 25.5 Å². The summed E-state index contributed by atoms with van der Waals surface area (Å²) < 4.78 is 36.2. The van der Waals surface area contributed by atoms with Gasteiger partial charge in [-0.05, 0) is 0 Å². The van der Waals surface area contributed by atoms with Crippen LogP contribution in [0, 0.1) is 0 Å². The fourth-order valence-electron chi connectivity index (χ4n) is 0.136. The first-order chi connectivity index (χ1) is 4.91. The van der Waals surface area contributed by atoms with E-state index in [0.29, 0.717) is 6.61 Å². The second-order valence-corrected chi connectivity index (χ2v) is 2.13. The lowest BCUT2D eigenvalue weighted by Crippen LogP contribution is -1.89. The van der Waals surface area contributed by atoms with Crippen LogP contribution >= 0.6 is 0 Å². The molecule has 0 spiro atoms. The van der Waals surface area contributed by atoms with E-state index in [1.54, 1.807) is 6.08 Å². The molecule has 0 aliphatic carbocycles. The molecular weight excluding hydrogens is 172 g/mol. The third kappa shape index (κ3) is 101. The van der Waals surface area contributed by atoms with E-state index in [4.69, 9.17) is 17.5 Å². The Morgan fingerprint density at radius 3 is 1.82 bits per heavy atom. The van der Waals surface area contributed by atoms with E-state index in [1.165, 1.54) is 6.26 Å². The van der Waals surface area contributed by atoms with Gasteiger partial charge in [0.05, 0.1) is 6.26 Å². The molecule has 0 bridgehead atoms. The molecule has 2 N–H and O–H groups in total. The van der Waals surface area contributed by atoms with Crippen LogP contribution < -0.4 is 0 Å². The molecule has 0 saturated heterocycles. The van der Waals surface area contributed by atoms with Gasteiger partial charge in [0.25, 0.3) is 0 Å². The van der Waals surface area contributed by atoms with Crippen molar-refractivity contribution in [1.82, 2.24) is 0 Å². The van der Waals surface area contributed by atoms with Crippen LogP contribution in [0.3, 0.4) is 0 Å². The van der Waals surface area contributed by atoms with Crippen molar-refractivity contribution in [1.29, 1.82) is 0 Å². The molecule has 11 heavy (non-hydrogen) atoms. The predicted molar refractivity (Wildman–Crippen MR) is 40.5 cm³/mol. The van der Waals surface area contributed by atoms with Gasteiger partial charge < -0.3 is 4.74 Å². The summed E-state index contributed by atoms with van der Waals surface area (Å²) in [7, 11) is -4.67. The van der Waals surface area contributed by atoms with Gasteiger partial charge in [-0.3, -0.25) is 9.11 Å². The molecule has 0 aromatic carbocycles. The second kappa shape index (κ2) is 7.26. The van der Waals surface area contributed by atoms with Gasteiger partial charge in [0.2, 0.25) is 0 Å². The van der Waals surface area contributed by atoms with Crippen molar-refractivity contribution < 1.29 is 22.3 Å². The van der Waals surface area contributed by atoms with E-state index in [0.717, 1.165) is 0 Å². The Kier molecular flexibility index (Phi) is 8.44. The molecule has 0 saturated carbocycles. The highest BCUT2D eigenvalue weighted by molar-refractivity contribution is 7.79. The first-order valence-electron chi connectivity index (χ1n) is 2.45. The standard InChI is InChI=1S/C5H8O.H2O4S/c1-3-5-6-4-2;1-5(2,3)4/h3-4H,1-2,5H2;(H2,1,2,3,4). The van der Waals surface area contributed by atoms with Gasteiger partial charge in [0.1, 0.15) is 6.61 Å². The summed E-state index contributed by atoms with van der Waals surface area (Å²) in [4.78, 5) is 0. The van der Waals surface area contributed by atoms with Crippen LogP contribution in [-0.2, 0) is 15.1 Å². The van der Waals surface area contributed by atoms with Crippen molar-refractivity contribution >= 4 is 10.4 Å². The maximum atomic E-state index is 8.74. The van der Waals surface area contributed by atoms with Crippen molar-refractivity contribution in [2.45, 2.75) is 0 Å². The van der Waals surface area contributed by atoms with Gasteiger partial charge in [0.15, 0.2) is 0 Å². The molecule has 0 aliphatic rings. The van der Waals surface area contributed by atoms with Crippen molar-refractivity contribution in [3.63, 3.8) is 0 Å². The first-order valence-corrected chi connectivity index (χ1v) is 3.84. The predicted octanol–water partition coefficient (Wildman–Crippen LogP) is 0.680. The second-order valence-electron chi connectivity index (χ2n) is 1.24. The van der Waals surface area contributed by atoms with Gasteiger partial charge in [-0.1, -0.05) is 19.2 Å². The van der Waals surface area contributed by atoms with E-state index in [-0.39, 0.29) is 0 Å². The van der Waals surface area contributed by atoms with Crippen LogP contribution in [0.5, 0.6) is 0 Å². The fourth-order valence-corrected chi connectivity index (χ4v) is 0.136. The molecule has 66 valence electrons. The van der Waals surface area contributed by atoms with Crippen molar-refractivity contribution in [2.75, 3.05) is 6.61 Å². The molecule has 0 fully saturated rings. The lowest BCUT2D eigenvalue weighted by atomic mass is 10.7. The van der Waals surface area contributed by atoms with Gasteiger partial charge >= 0.3 is 10.4 Å². The summed E-state index contributed by atoms with van der Waals surface area (Å²) in [5.74, 6) is 0. The number of rotatable bonds is 3. The molecule has 0 radical (unpaired) electrons. The molecular formula is C5H10O5S. The zero-order valence-corrected chi connectivity index (χ0v) is 6.62. The lowest BCUT2D eigenvalue weighted by molar-refractivity contribution is 0.291. The molecule has 0 aliphatic heterocycles. The van der Waals surface area contributed by atoms with E-state index >= 15 is 0 Å². The van der Waals surface area contributed by atoms with Crippen LogP contribution in [0.25, 0.3) is 0 Å². The Morgan fingerprint density at radius 1 is 1.36 bits per heavy atom. The molecule has 0 aromatic rings. The number of ether oxygens (including phenoxy) is 1. The molecule has 0 amide bonds. The van der Waals surface area contributed by atoms with E-state index < -0.39 is 10.4 Å². The fraction of sp³-hybridized carbons (Fsp3) is 0.200. The quantitative estimate of drug-likeness (QED) is 0.290. The smallest absolute Gasteiger partial charge is 0.394 e. The van der Waals surface area contributed by atoms with Gasteiger partial charge in [-0.2, -0.15) is 8.42 Å². The minimum atomic E-state index is -4.67. The van der Waals surface area contributed by atoms with E-state index in [1.807, 2.05) is 0 Å². The van der Waals surface area contributed by atoms with Crippen LogP contribution in [-0.4, -0.2) is 24.1 Å². The SMILES string of the molecule is C=CCOC=C.O=S(=O)(O)O. The Balaban J connectivity index is 0. The Morgan fingerprint density at radius 2 is 1.73 bits per heavy atom. The van der Waals surface area contributed by atoms with Crippen molar-refractivity contribution in [3.8, 4) is 0 Å². The molecule has 0 heterocycles. The van der Waals surface area contributed by atoms with Gasteiger partial charge in [0, 0.05) is 0 Å². The largest absolute Gasteiger partial charge is 0.498 e. The maximum absolute atomic E-state index is 8.74. The Hall–Kier alpha value is -0.850. The topological polar surface area (TPSA) is 83.8 Å². The third-order valence-electron chi connectivity index (χ3n) is 0.332. The Labute approximate surface area is 65.6 Å². The van der Waals surface area contributed by atoms with Gasteiger partial charge in [-0.15, -0.1) is 0 Å². The van der Waals surface area contributed by atoms with Gasteiger partial charge in [-0.25, -0.2) is 0 Å². The molecule has 0 rings (SSSR count). The van der Waals surface area contributed by atoms with Crippen LogP contribution in [0.1, 0.15) is 0 Å². The van der Waals surface area contributed by atoms with Crippen LogP contribution in [0.2, 0.25) is 0 Å². The molecule has 0 aromatic heterocycles. The van der Waals surface area contributed by atoms with Crippen molar-refractivity contribution in [2.24, 2.45) is 0 Å². The highest BCUT2D eigenvalue weighted by Crippen LogP contribution is 1.69. The number of hydrogen-bond acceptors (Lipinski definition) is 3. The van der Waals surface area contributed by atoms with E-state index in [9.17, 15) is 0 Å². The molecule has 0 unspecified atom stereocenters. The minimum absolute atomic E-state index is 0.559. The molecule has 0 atom stereocenters. The number of hydrogen-bond donors (Lipinski definition) is 2. The van der Waals surface area contributed by atoms with E-state index in [2.05, 4.69) is 17.9 Å². The average molecular weight is 182 g/mol. The summed E-state index contributed by atoms with van der Waals surface area (Å²) in [6.45, 7) is 7.31. The summed E-state index contributed by atoms with van der Waals surface area (Å²) in [5, 5.41) is 0. The van der Waals surface area contributed by atoms with Crippen molar-refractivity contribution in [3.05, 3.63) is 25.5 Å². The average Bonchev–Trinajstić information content (AvgIpc) is 1.79. The summed E-state index contributed by atoms with van der Waals surface area (Å²) in [6.07, 6.45) is 3.06.